The van der Waals surface area contributed by atoms with Crippen molar-refractivity contribution in [1.82, 2.24) is 9.80 Å². The third-order valence-corrected chi connectivity index (χ3v) is 4.15. The van der Waals surface area contributed by atoms with E-state index in [1.807, 2.05) is 0 Å². The number of aliphatic hydroxyl groups is 1. The molecule has 5 nitrogen and oxygen atoms in total. The van der Waals surface area contributed by atoms with Crippen molar-refractivity contribution in [3.8, 4) is 0 Å². The Morgan fingerprint density at radius 3 is 2.43 bits per heavy atom. The number of piperazine rings is 1. The normalized spacial score (nSPS) is 17.6. The SMILES string of the molecule is CCC(CO)N1CCN(C(=O)Nc2ccc(Cl)cc2)CC1. The van der Waals surface area contributed by atoms with E-state index in [-0.39, 0.29) is 18.7 Å². The molecule has 1 aromatic rings. The van der Waals surface area contributed by atoms with Gasteiger partial charge in [-0.25, -0.2) is 4.79 Å². The van der Waals surface area contributed by atoms with Crippen LogP contribution in [0.15, 0.2) is 24.3 Å². The number of hydrogen-bond acceptors (Lipinski definition) is 3. The van der Waals surface area contributed by atoms with Gasteiger partial charge in [0, 0.05) is 42.9 Å². The van der Waals surface area contributed by atoms with E-state index in [0.29, 0.717) is 18.1 Å². The molecule has 1 fully saturated rings. The minimum atomic E-state index is -0.0889. The first-order valence-electron chi connectivity index (χ1n) is 7.30. The van der Waals surface area contributed by atoms with Crippen molar-refractivity contribution in [2.24, 2.45) is 0 Å². The standard InChI is InChI=1S/C15H22ClN3O2/c1-2-14(11-20)18-7-9-19(10-8-18)15(21)17-13-5-3-12(16)4-6-13/h3-6,14,20H,2,7-11H2,1H3,(H,17,21). The Bertz CT molecular complexity index is 454. The van der Waals surface area contributed by atoms with Crippen molar-refractivity contribution in [3.63, 3.8) is 0 Å². The molecule has 21 heavy (non-hydrogen) atoms. The largest absolute Gasteiger partial charge is 0.395 e. The van der Waals surface area contributed by atoms with Gasteiger partial charge in [0.2, 0.25) is 0 Å². The number of nitrogens with one attached hydrogen (secondary N) is 1. The van der Waals surface area contributed by atoms with Crippen LogP contribution in [-0.2, 0) is 0 Å². The summed E-state index contributed by atoms with van der Waals surface area (Å²) >= 11 is 5.82. The van der Waals surface area contributed by atoms with Crippen molar-refractivity contribution in [2.45, 2.75) is 19.4 Å². The fraction of sp³-hybridized carbons (Fsp3) is 0.533. The molecule has 0 saturated carbocycles. The highest BCUT2D eigenvalue weighted by atomic mass is 35.5. The van der Waals surface area contributed by atoms with Gasteiger partial charge in [0.15, 0.2) is 0 Å². The van der Waals surface area contributed by atoms with Crippen LogP contribution >= 0.6 is 11.6 Å². The molecule has 0 aromatic heterocycles. The molecule has 0 radical (unpaired) electrons. The fourth-order valence-electron chi connectivity index (χ4n) is 2.53. The van der Waals surface area contributed by atoms with Crippen LogP contribution in [0.3, 0.4) is 0 Å². The molecule has 1 heterocycles. The van der Waals surface area contributed by atoms with Crippen LogP contribution in [0.5, 0.6) is 0 Å². The maximum absolute atomic E-state index is 12.2. The second-order valence-electron chi connectivity index (χ2n) is 5.20. The Kier molecular flexibility index (Phi) is 5.85. The van der Waals surface area contributed by atoms with Crippen LogP contribution in [0.25, 0.3) is 0 Å². The first kappa shape index (κ1) is 16.1. The van der Waals surface area contributed by atoms with Crippen LogP contribution in [-0.4, -0.2) is 59.8 Å². The highest BCUT2D eigenvalue weighted by molar-refractivity contribution is 6.30. The number of benzene rings is 1. The Morgan fingerprint density at radius 1 is 1.29 bits per heavy atom. The van der Waals surface area contributed by atoms with Gasteiger partial charge in [0.05, 0.1) is 6.61 Å². The lowest BCUT2D eigenvalue weighted by atomic mass is 10.2. The summed E-state index contributed by atoms with van der Waals surface area (Å²) in [5.41, 5.74) is 0.744. The van der Waals surface area contributed by atoms with Gasteiger partial charge >= 0.3 is 6.03 Å². The minimum Gasteiger partial charge on any atom is -0.395 e. The van der Waals surface area contributed by atoms with Crippen molar-refractivity contribution in [3.05, 3.63) is 29.3 Å². The highest BCUT2D eigenvalue weighted by Crippen LogP contribution is 2.15. The molecule has 1 saturated heterocycles. The predicted molar refractivity (Wildman–Crippen MR) is 84.8 cm³/mol. The Morgan fingerprint density at radius 2 is 1.90 bits per heavy atom. The van der Waals surface area contributed by atoms with E-state index in [2.05, 4.69) is 17.1 Å². The molecule has 2 rings (SSSR count). The van der Waals surface area contributed by atoms with Gasteiger partial charge < -0.3 is 15.3 Å². The van der Waals surface area contributed by atoms with Crippen molar-refractivity contribution in [2.75, 3.05) is 38.1 Å². The number of aliphatic hydroxyl groups excluding tert-OH is 1. The zero-order valence-electron chi connectivity index (χ0n) is 12.3. The number of hydrogen-bond donors (Lipinski definition) is 2. The highest BCUT2D eigenvalue weighted by Gasteiger charge is 2.24. The summed E-state index contributed by atoms with van der Waals surface area (Å²) in [6.07, 6.45) is 0.924. The summed E-state index contributed by atoms with van der Waals surface area (Å²) in [5.74, 6) is 0. The Balaban J connectivity index is 1.84. The summed E-state index contributed by atoms with van der Waals surface area (Å²) < 4.78 is 0. The average Bonchev–Trinajstić information content (AvgIpc) is 2.51. The summed E-state index contributed by atoms with van der Waals surface area (Å²) in [5, 5.41) is 12.8. The maximum Gasteiger partial charge on any atom is 0.321 e. The molecule has 2 N–H and O–H groups in total. The van der Waals surface area contributed by atoms with Crippen LogP contribution in [0, 0.1) is 0 Å². The summed E-state index contributed by atoms with van der Waals surface area (Å²) in [6.45, 7) is 5.19. The van der Waals surface area contributed by atoms with E-state index in [9.17, 15) is 9.90 Å². The van der Waals surface area contributed by atoms with Gasteiger partial charge in [-0.1, -0.05) is 18.5 Å². The molecule has 1 aromatic carbocycles. The number of carbonyl (C=O) groups is 1. The average molecular weight is 312 g/mol. The van der Waals surface area contributed by atoms with Gasteiger partial charge in [-0.05, 0) is 30.7 Å². The molecular formula is C15H22ClN3O2. The molecule has 2 amide bonds. The molecule has 116 valence electrons. The van der Waals surface area contributed by atoms with Crippen LogP contribution in [0.4, 0.5) is 10.5 Å². The van der Waals surface area contributed by atoms with Crippen LogP contribution in [0.2, 0.25) is 5.02 Å². The maximum atomic E-state index is 12.2. The Hall–Kier alpha value is -1.30. The van der Waals surface area contributed by atoms with Crippen LogP contribution in [0.1, 0.15) is 13.3 Å². The fourth-order valence-corrected chi connectivity index (χ4v) is 2.65. The third kappa shape index (κ3) is 4.33. The van der Waals surface area contributed by atoms with Crippen molar-refractivity contribution >= 4 is 23.3 Å². The van der Waals surface area contributed by atoms with E-state index < -0.39 is 0 Å². The van der Waals surface area contributed by atoms with Gasteiger partial charge in [0.1, 0.15) is 0 Å². The monoisotopic (exact) mass is 311 g/mol. The summed E-state index contributed by atoms with van der Waals surface area (Å²) in [6, 6.07) is 7.19. The number of halogens is 1. The first-order valence-corrected chi connectivity index (χ1v) is 7.68. The van der Waals surface area contributed by atoms with Crippen molar-refractivity contribution in [1.29, 1.82) is 0 Å². The summed E-state index contributed by atoms with van der Waals surface area (Å²) in [4.78, 5) is 16.2. The second kappa shape index (κ2) is 7.64. The lowest BCUT2D eigenvalue weighted by Gasteiger charge is -2.38. The van der Waals surface area contributed by atoms with E-state index >= 15 is 0 Å². The number of carbonyl (C=O) groups excluding carboxylic acids is 1. The van der Waals surface area contributed by atoms with Gasteiger partial charge in [-0.15, -0.1) is 0 Å². The van der Waals surface area contributed by atoms with Gasteiger partial charge in [0.25, 0.3) is 0 Å². The summed E-state index contributed by atoms with van der Waals surface area (Å²) in [7, 11) is 0. The zero-order valence-corrected chi connectivity index (χ0v) is 13.0. The van der Waals surface area contributed by atoms with E-state index in [1.165, 1.54) is 0 Å². The molecule has 1 aliphatic heterocycles. The molecule has 1 unspecified atom stereocenters. The molecule has 0 aliphatic carbocycles. The molecule has 0 spiro atoms. The number of rotatable bonds is 4. The lowest BCUT2D eigenvalue weighted by molar-refractivity contribution is 0.0766. The number of urea groups is 1. The van der Waals surface area contributed by atoms with E-state index in [0.717, 1.165) is 25.2 Å². The van der Waals surface area contributed by atoms with Gasteiger partial charge in [-0.3, -0.25) is 4.90 Å². The molecule has 6 heteroatoms. The third-order valence-electron chi connectivity index (χ3n) is 3.90. The quantitative estimate of drug-likeness (QED) is 0.897. The second-order valence-corrected chi connectivity index (χ2v) is 5.64. The Labute approximate surface area is 130 Å². The van der Waals surface area contributed by atoms with Gasteiger partial charge in [-0.2, -0.15) is 0 Å². The lowest BCUT2D eigenvalue weighted by Crippen LogP contribution is -2.53. The number of nitrogens with zero attached hydrogens (tertiary/aromatic N) is 2. The van der Waals surface area contributed by atoms with Crippen molar-refractivity contribution < 1.29 is 9.90 Å². The molecule has 0 bridgehead atoms. The van der Waals surface area contributed by atoms with E-state index in [4.69, 9.17) is 11.6 Å². The predicted octanol–water partition coefficient (Wildman–Crippen LogP) is 2.26. The minimum absolute atomic E-state index is 0.0889. The number of anilines is 1. The topological polar surface area (TPSA) is 55.8 Å². The molecule has 1 aliphatic rings. The number of amides is 2. The van der Waals surface area contributed by atoms with Crippen LogP contribution < -0.4 is 5.32 Å². The first-order chi connectivity index (χ1) is 10.1. The smallest absolute Gasteiger partial charge is 0.321 e. The molecular weight excluding hydrogens is 290 g/mol. The zero-order chi connectivity index (χ0) is 15.2. The van der Waals surface area contributed by atoms with E-state index in [1.54, 1.807) is 29.2 Å². The molecule has 1 atom stereocenters.